The average molecular weight is 318 g/mol. The molecule has 0 aliphatic carbocycles. The fourth-order valence-electron chi connectivity index (χ4n) is 1.78. The van der Waals surface area contributed by atoms with Gasteiger partial charge in [0.1, 0.15) is 6.04 Å². The molecular formula is C11H9F3N4O4. The second-order valence-corrected chi connectivity index (χ2v) is 4.14. The Labute approximate surface area is 121 Å². The van der Waals surface area contributed by atoms with Crippen LogP contribution in [-0.4, -0.2) is 41.1 Å². The standard InChI is InChI=1S/C11H9F3N4O4/c1-22-11(21)17-4-8(15-16-18(17)10(19)20)5-2-6(12)9(14)7(13)3-5/h2-3,8H,4H2,1H3,(H,19,20). The minimum atomic E-state index is -1.64. The van der Waals surface area contributed by atoms with Gasteiger partial charge in [-0.3, -0.25) is 0 Å². The summed E-state index contributed by atoms with van der Waals surface area (Å²) in [5, 5.41) is 16.5. The Kier molecular flexibility index (Phi) is 4.15. The van der Waals surface area contributed by atoms with E-state index in [1.807, 2.05) is 0 Å². The number of halogens is 3. The quantitative estimate of drug-likeness (QED) is 0.805. The molecule has 1 heterocycles. The van der Waals surface area contributed by atoms with Crippen molar-refractivity contribution in [3.05, 3.63) is 35.1 Å². The molecule has 2 rings (SSSR count). The van der Waals surface area contributed by atoms with E-state index in [1.165, 1.54) is 0 Å². The molecule has 0 spiro atoms. The molecule has 1 aliphatic heterocycles. The molecule has 0 aromatic heterocycles. The third kappa shape index (κ3) is 2.77. The Morgan fingerprint density at radius 2 is 1.91 bits per heavy atom. The van der Waals surface area contributed by atoms with Crippen LogP contribution in [-0.2, 0) is 4.74 Å². The van der Waals surface area contributed by atoms with E-state index in [1.54, 1.807) is 0 Å². The highest BCUT2D eigenvalue weighted by Crippen LogP contribution is 2.27. The molecule has 8 nitrogen and oxygen atoms in total. The molecule has 0 bridgehead atoms. The van der Waals surface area contributed by atoms with E-state index in [-0.39, 0.29) is 10.7 Å². The average Bonchev–Trinajstić information content (AvgIpc) is 2.50. The van der Waals surface area contributed by atoms with Crippen molar-refractivity contribution < 1.29 is 32.6 Å². The number of hydrogen-bond acceptors (Lipinski definition) is 5. The lowest BCUT2D eigenvalue weighted by atomic mass is 10.1. The molecular weight excluding hydrogens is 309 g/mol. The van der Waals surface area contributed by atoms with Gasteiger partial charge in [0, 0.05) is 0 Å². The molecule has 1 aromatic rings. The number of hydrazine groups is 1. The van der Waals surface area contributed by atoms with Gasteiger partial charge >= 0.3 is 12.2 Å². The highest BCUT2D eigenvalue weighted by Gasteiger charge is 2.34. The maximum Gasteiger partial charge on any atom is 0.449 e. The second kappa shape index (κ2) is 5.87. The van der Waals surface area contributed by atoms with Crippen molar-refractivity contribution in [3.63, 3.8) is 0 Å². The van der Waals surface area contributed by atoms with Crippen LogP contribution in [0.25, 0.3) is 0 Å². The maximum absolute atomic E-state index is 13.2. The van der Waals surface area contributed by atoms with E-state index in [2.05, 4.69) is 15.1 Å². The van der Waals surface area contributed by atoms with Gasteiger partial charge in [0.05, 0.1) is 13.7 Å². The van der Waals surface area contributed by atoms with E-state index >= 15 is 0 Å². The summed E-state index contributed by atoms with van der Waals surface area (Å²) < 4.78 is 43.8. The predicted molar refractivity (Wildman–Crippen MR) is 62.9 cm³/mol. The summed E-state index contributed by atoms with van der Waals surface area (Å²) in [7, 11) is 1.01. The highest BCUT2D eigenvalue weighted by molar-refractivity contribution is 5.72. The largest absolute Gasteiger partial charge is 0.462 e. The first-order valence-electron chi connectivity index (χ1n) is 5.78. The first-order chi connectivity index (χ1) is 10.3. The zero-order valence-corrected chi connectivity index (χ0v) is 11.0. The van der Waals surface area contributed by atoms with E-state index in [0.29, 0.717) is 17.1 Å². The van der Waals surface area contributed by atoms with E-state index < -0.39 is 42.2 Å². The van der Waals surface area contributed by atoms with Gasteiger partial charge in [-0.15, -0.1) is 0 Å². The van der Waals surface area contributed by atoms with Crippen LogP contribution >= 0.6 is 0 Å². The Morgan fingerprint density at radius 1 is 1.32 bits per heavy atom. The molecule has 0 radical (unpaired) electrons. The van der Waals surface area contributed by atoms with Crippen molar-refractivity contribution in [1.82, 2.24) is 10.1 Å². The molecule has 0 saturated carbocycles. The van der Waals surface area contributed by atoms with Gasteiger partial charge in [-0.05, 0) is 22.9 Å². The summed E-state index contributed by atoms with van der Waals surface area (Å²) in [6.45, 7) is -0.410. The molecule has 2 amide bonds. The van der Waals surface area contributed by atoms with Crippen LogP contribution < -0.4 is 0 Å². The van der Waals surface area contributed by atoms with Gasteiger partial charge in [0.2, 0.25) is 0 Å². The van der Waals surface area contributed by atoms with Crippen molar-refractivity contribution in [2.45, 2.75) is 6.04 Å². The Bertz CT molecular complexity index is 631. The number of carbonyl (C=O) groups excluding carboxylic acids is 1. The number of hydrogen-bond donors (Lipinski definition) is 1. The van der Waals surface area contributed by atoms with E-state index in [0.717, 1.165) is 7.11 Å². The van der Waals surface area contributed by atoms with Crippen molar-refractivity contribution in [2.24, 2.45) is 10.3 Å². The number of amides is 2. The number of rotatable bonds is 1. The van der Waals surface area contributed by atoms with Crippen LogP contribution in [0.4, 0.5) is 22.8 Å². The summed E-state index contributed by atoms with van der Waals surface area (Å²) in [4.78, 5) is 22.5. The predicted octanol–water partition coefficient (Wildman–Crippen LogP) is 2.49. The normalized spacial score (nSPS) is 17.5. The van der Waals surface area contributed by atoms with Crippen LogP contribution in [0.3, 0.4) is 0 Å². The minimum Gasteiger partial charge on any atom is -0.462 e. The topological polar surface area (TPSA) is 94.8 Å². The van der Waals surface area contributed by atoms with Crippen molar-refractivity contribution in [2.75, 3.05) is 13.7 Å². The van der Waals surface area contributed by atoms with Crippen LogP contribution in [0.1, 0.15) is 11.6 Å². The second-order valence-electron chi connectivity index (χ2n) is 4.14. The Balaban J connectivity index is 2.36. The van der Waals surface area contributed by atoms with Crippen molar-refractivity contribution in [3.8, 4) is 0 Å². The first-order valence-corrected chi connectivity index (χ1v) is 5.78. The van der Waals surface area contributed by atoms with E-state index in [4.69, 9.17) is 5.11 Å². The summed E-state index contributed by atoms with van der Waals surface area (Å²) in [5.41, 5.74) is -0.112. The molecule has 0 fully saturated rings. The van der Waals surface area contributed by atoms with Gasteiger partial charge in [0.25, 0.3) is 0 Å². The monoisotopic (exact) mass is 318 g/mol. The zero-order chi connectivity index (χ0) is 16.4. The minimum absolute atomic E-state index is 0.112. The number of nitrogens with zero attached hydrogens (tertiary/aromatic N) is 4. The summed E-state index contributed by atoms with van der Waals surface area (Å²) >= 11 is 0. The molecule has 1 atom stereocenters. The zero-order valence-electron chi connectivity index (χ0n) is 11.0. The van der Waals surface area contributed by atoms with Gasteiger partial charge < -0.3 is 9.84 Å². The molecule has 1 aromatic carbocycles. The van der Waals surface area contributed by atoms with Crippen LogP contribution in [0, 0.1) is 17.5 Å². The Morgan fingerprint density at radius 3 is 2.41 bits per heavy atom. The SMILES string of the molecule is COC(=O)N1CC(c2cc(F)c(F)c(F)c2)N=NN1C(=O)O. The molecule has 118 valence electrons. The van der Waals surface area contributed by atoms with Gasteiger partial charge in [-0.25, -0.2) is 22.8 Å². The highest BCUT2D eigenvalue weighted by atomic mass is 19.2. The molecule has 22 heavy (non-hydrogen) atoms. The van der Waals surface area contributed by atoms with E-state index in [9.17, 15) is 22.8 Å². The van der Waals surface area contributed by atoms with Crippen molar-refractivity contribution >= 4 is 12.2 Å². The van der Waals surface area contributed by atoms with Gasteiger partial charge in [0.15, 0.2) is 17.5 Å². The summed E-state index contributed by atoms with van der Waals surface area (Å²) in [6, 6.07) is 0.293. The molecule has 1 unspecified atom stereocenters. The fourth-order valence-corrected chi connectivity index (χ4v) is 1.78. The Hall–Kier alpha value is -2.85. The maximum atomic E-state index is 13.2. The summed E-state index contributed by atoms with van der Waals surface area (Å²) in [6.07, 6.45) is -2.67. The molecule has 11 heteroatoms. The first kappa shape index (κ1) is 15.5. The van der Waals surface area contributed by atoms with Gasteiger partial charge in [-0.2, -0.15) is 10.1 Å². The lowest BCUT2D eigenvalue weighted by molar-refractivity contribution is -0.0280. The van der Waals surface area contributed by atoms with Crippen molar-refractivity contribution in [1.29, 1.82) is 0 Å². The third-order valence-electron chi connectivity index (χ3n) is 2.80. The van der Waals surface area contributed by atoms with Crippen LogP contribution in [0.5, 0.6) is 0 Å². The third-order valence-corrected chi connectivity index (χ3v) is 2.80. The van der Waals surface area contributed by atoms with Crippen LogP contribution in [0.2, 0.25) is 0 Å². The number of ether oxygens (including phenoxy) is 1. The van der Waals surface area contributed by atoms with Crippen LogP contribution in [0.15, 0.2) is 22.5 Å². The molecule has 1 N–H and O–H groups in total. The number of methoxy groups -OCH3 is 1. The number of carboxylic acid groups (broad SMARTS) is 1. The lowest BCUT2D eigenvalue weighted by Gasteiger charge is -2.31. The number of benzene rings is 1. The fraction of sp³-hybridized carbons (Fsp3) is 0.273. The van der Waals surface area contributed by atoms with Gasteiger partial charge in [-0.1, -0.05) is 5.12 Å². The summed E-state index contributed by atoms with van der Waals surface area (Å²) in [5.74, 6) is -4.51. The smallest absolute Gasteiger partial charge is 0.449 e. The lowest BCUT2D eigenvalue weighted by Crippen LogP contribution is -2.49. The molecule has 1 aliphatic rings. The number of carbonyl (C=O) groups is 2. The molecule has 0 saturated heterocycles.